The minimum absolute atomic E-state index is 0.0253. The Bertz CT molecular complexity index is 465. The fourth-order valence-corrected chi connectivity index (χ4v) is 3.98. The highest BCUT2D eigenvalue weighted by atomic mass is 16.5. The molecule has 0 saturated heterocycles. The van der Waals surface area contributed by atoms with E-state index >= 15 is 0 Å². The van der Waals surface area contributed by atoms with Crippen LogP contribution in [0.4, 0.5) is 0 Å². The molecule has 0 aromatic rings. The van der Waals surface area contributed by atoms with Crippen LogP contribution >= 0.6 is 0 Å². The topological polar surface area (TPSA) is 52.6 Å². The molecule has 2 fully saturated rings. The van der Waals surface area contributed by atoms with E-state index in [1.54, 1.807) is 6.92 Å². The van der Waals surface area contributed by atoms with Gasteiger partial charge < -0.3 is 9.47 Å². The molecule has 0 aromatic heterocycles. The van der Waals surface area contributed by atoms with Crippen molar-refractivity contribution in [2.24, 2.45) is 16.7 Å². The van der Waals surface area contributed by atoms with Gasteiger partial charge in [0.25, 0.3) is 0 Å². The van der Waals surface area contributed by atoms with Gasteiger partial charge in [0, 0.05) is 11.0 Å². The smallest absolute Gasteiger partial charge is 0.334 e. The van der Waals surface area contributed by atoms with Crippen LogP contribution in [0.2, 0.25) is 0 Å². The van der Waals surface area contributed by atoms with Crippen molar-refractivity contribution in [3.8, 4) is 0 Å². The van der Waals surface area contributed by atoms with Gasteiger partial charge in [0.15, 0.2) is 0 Å². The van der Waals surface area contributed by atoms with E-state index in [9.17, 15) is 9.59 Å². The maximum Gasteiger partial charge on any atom is 0.334 e. The van der Waals surface area contributed by atoms with E-state index in [2.05, 4.69) is 27.4 Å². The lowest BCUT2D eigenvalue weighted by molar-refractivity contribution is -0.154. The molecule has 118 valence electrons. The number of carbonyl (C=O) groups is 2. The summed E-state index contributed by atoms with van der Waals surface area (Å²) in [6.45, 7) is 12.5. The maximum atomic E-state index is 12.1. The minimum Gasteiger partial charge on any atom is -0.466 e. The molecule has 3 unspecified atom stereocenters. The summed E-state index contributed by atoms with van der Waals surface area (Å²) >= 11 is 0. The minimum atomic E-state index is -0.461. The average Bonchev–Trinajstić information content (AvgIpc) is 2.72. The zero-order chi connectivity index (χ0) is 15.8. The summed E-state index contributed by atoms with van der Waals surface area (Å²) in [6, 6.07) is 0. The van der Waals surface area contributed by atoms with E-state index in [0.29, 0.717) is 12.5 Å². The summed E-state index contributed by atoms with van der Waals surface area (Å²) < 4.78 is 10.5. The second kappa shape index (κ2) is 5.47. The molecule has 2 rings (SSSR count). The van der Waals surface area contributed by atoms with Crippen molar-refractivity contribution in [3.05, 3.63) is 12.2 Å². The van der Waals surface area contributed by atoms with Gasteiger partial charge in [-0.2, -0.15) is 0 Å². The summed E-state index contributed by atoms with van der Waals surface area (Å²) in [5, 5.41) is 0. The average molecular weight is 294 g/mol. The Hall–Kier alpha value is -1.32. The van der Waals surface area contributed by atoms with Crippen LogP contribution in [0.1, 0.15) is 53.4 Å². The van der Waals surface area contributed by atoms with E-state index in [0.717, 1.165) is 12.8 Å². The number of fused-ring (bicyclic) bond motifs is 2. The molecular weight excluding hydrogens is 268 g/mol. The van der Waals surface area contributed by atoms with E-state index in [4.69, 9.17) is 9.47 Å². The zero-order valence-electron chi connectivity index (χ0n) is 13.5. The largest absolute Gasteiger partial charge is 0.466 e. The van der Waals surface area contributed by atoms with Crippen LogP contribution in [0.25, 0.3) is 0 Å². The first-order valence-corrected chi connectivity index (χ1v) is 7.76. The molecule has 3 atom stereocenters. The zero-order valence-corrected chi connectivity index (χ0v) is 13.5. The summed E-state index contributed by atoms with van der Waals surface area (Å²) in [5.41, 5.74) is 0.399. The van der Waals surface area contributed by atoms with Crippen molar-refractivity contribution in [1.82, 2.24) is 0 Å². The third-order valence-electron chi connectivity index (χ3n) is 5.91. The van der Waals surface area contributed by atoms with Gasteiger partial charge in [0.2, 0.25) is 0 Å². The van der Waals surface area contributed by atoms with Gasteiger partial charge in [-0.15, -0.1) is 0 Å². The van der Waals surface area contributed by atoms with Crippen LogP contribution in [0, 0.1) is 16.7 Å². The van der Waals surface area contributed by atoms with Crippen LogP contribution in [-0.4, -0.2) is 24.6 Å². The van der Waals surface area contributed by atoms with Crippen LogP contribution in [-0.2, 0) is 19.1 Å². The fraction of sp³-hybridized carbons (Fsp3) is 0.765. The highest BCUT2D eigenvalue weighted by Crippen LogP contribution is 2.66. The van der Waals surface area contributed by atoms with E-state index in [1.807, 2.05) is 0 Å². The second-order valence-corrected chi connectivity index (χ2v) is 7.09. The molecule has 0 amide bonds. The Morgan fingerprint density at radius 2 is 1.95 bits per heavy atom. The Labute approximate surface area is 126 Å². The van der Waals surface area contributed by atoms with Gasteiger partial charge in [-0.25, -0.2) is 4.79 Å². The first-order chi connectivity index (χ1) is 9.72. The lowest BCUT2D eigenvalue weighted by Gasteiger charge is -2.38. The molecule has 2 aliphatic carbocycles. The molecule has 0 radical (unpaired) electrons. The normalized spacial score (nSPS) is 32.8. The van der Waals surface area contributed by atoms with Gasteiger partial charge in [0.05, 0.1) is 13.0 Å². The first-order valence-electron chi connectivity index (χ1n) is 7.76. The van der Waals surface area contributed by atoms with Gasteiger partial charge in [-0.05, 0) is 37.5 Å². The Balaban J connectivity index is 1.95. The molecule has 0 aromatic carbocycles. The Kier molecular flexibility index (Phi) is 4.18. The summed E-state index contributed by atoms with van der Waals surface area (Å²) in [5.74, 6) is -0.282. The molecule has 4 nitrogen and oxygen atoms in total. The predicted molar refractivity (Wildman–Crippen MR) is 79.5 cm³/mol. The number of hydrogen-bond acceptors (Lipinski definition) is 4. The summed E-state index contributed by atoms with van der Waals surface area (Å²) in [4.78, 5) is 23.5. The molecule has 2 saturated carbocycles. The van der Waals surface area contributed by atoms with Gasteiger partial charge >= 0.3 is 11.9 Å². The summed E-state index contributed by atoms with van der Waals surface area (Å²) in [7, 11) is 0. The van der Waals surface area contributed by atoms with Crippen molar-refractivity contribution in [2.45, 2.75) is 59.5 Å². The monoisotopic (exact) mass is 294 g/mol. The highest BCUT2D eigenvalue weighted by molar-refractivity contribution is 5.93. The predicted octanol–water partition coefficient (Wildman–Crippen LogP) is 3.25. The number of rotatable bonds is 5. The van der Waals surface area contributed by atoms with E-state index in [-0.39, 0.29) is 28.9 Å². The third-order valence-corrected chi connectivity index (χ3v) is 5.91. The highest BCUT2D eigenvalue weighted by Gasteiger charge is 2.62. The molecule has 0 N–H and O–H groups in total. The summed E-state index contributed by atoms with van der Waals surface area (Å²) in [6.07, 6.45) is 3.05. The van der Waals surface area contributed by atoms with Gasteiger partial charge in [0.1, 0.15) is 6.10 Å². The van der Waals surface area contributed by atoms with E-state index in [1.165, 1.54) is 6.42 Å². The first kappa shape index (κ1) is 16.1. The molecule has 0 aliphatic heterocycles. The standard InChI is InChI=1S/C17H26O4/c1-6-20-14(18)9-11(2)15(19)21-13-10-12-7-8-17(13,5)16(12,3)4/h12-13H,2,6-10H2,1,3-5H3. The van der Waals surface area contributed by atoms with Crippen molar-refractivity contribution < 1.29 is 19.1 Å². The lowest BCUT2D eigenvalue weighted by Crippen LogP contribution is -2.38. The number of ether oxygens (including phenoxy) is 2. The van der Waals surface area contributed by atoms with Crippen LogP contribution in [0.15, 0.2) is 12.2 Å². The SMILES string of the molecule is C=C(CC(=O)OCC)C(=O)OC1CC2CCC1(C)C2(C)C. The lowest BCUT2D eigenvalue weighted by atomic mass is 9.70. The molecular formula is C17H26O4. The van der Waals surface area contributed by atoms with Crippen LogP contribution in [0.3, 0.4) is 0 Å². The number of esters is 2. The Morgan fingerprint density at radius 3 is 2.43 bits per heavy atom. The Morgan fingerprint density at radius 1 is 1.29 bits per heavy atom. The van der Waals surface area contributed by atoms with Crippen molar-refractivity contribution in [2.75, 3.05) is 6.61 Å². The molecule has 0 heterocycles. The second-order valence-electron chi connectivity index (χ2n) is 7.09. The van der Waals surface area contributed by atoms with Crippen LogP contribution < -0.4 is 0 Å². The molecule has 2 bridgehead atoms. The van der Waals surface area contributed by atoms with Crippen LogP contribution in [0.5, 0.6) is 0 Å². The van der Waals surface area contributed by atoms with Gasteiger partial charge in [-0.1, -0.05) is 27.4 Å². The third kappa shape index (κ3) is 2.60. The number of carbonyl (C=O) groups excluding carboxylic acids is 2. The number of hydrogen-bond donors (Lipinski definition) is 0. The molecule has 21 heavy (non-hydrogen) atoms. The molecule has 0 spiro atoms. The fourth-order valence-electron chi connectivity index (χ4n) is 3.98. The van der Waals surface area contributed by atoms with Gasteiger partial charge in [-0.3, -0.25) is 4.79 Å². The quantitative estimate of drug-likeness (QED) is 0.577. The molecule has 2 aliphatic rings. The molecule has 4 heteroatoms. The van der Waals surface area contributed by atoms with Crippen molar-refractivity contribution >= 4 is 11.9 Å². The van der Waals surface area contributed by atoms with E-state index < -0.39 is 11.9 Å². The van der Waals surface area contributed by atoms with Crippen molar-refractivity contribution in [1.29, 1.82) is 0 Å². The maximum absolute atomic E-state index is 12.1. The van der Waals surface area contributed by atoms with Crippen molar-refractivity contribution in [3.63, 3.8) is 0 Å².